The fraction of sp³-hybridized carbons (Fsp3) is 0.647. The topological polar surface area (TPSA) is 41.5 Å². The minimum atomic E-state index is -0.803. The van der Waals surface area contributed by atoms with Crippen LogP contribution in [0.4, 0.5) is 0 Å². The molecule has 0 aliphatic rings. The molecule has 3 heteroatoms. The fourth-order valence-corrected chi connectivity index (χ4v) is 1.75. The van der Waals surface area contributed by atoms with E-state index in [1.165, 1.54) is 5.56 Å². The van der Waals surface area contributed by atoms with Crippen LogP contribution in [0.3, 0.4) is 0 Å². The first kappa shape index (κ1) is 17.0. The van der Waals surface area contributed by atoms with Gasteiger partial charge in [-0.3, -0.25) is 0 Å². The minimum Gasteiger partial charge on any atom is -0.491 e. The van der Waals surface area contributed by atoms with Crippen molar-refractivity contribution in [3.8, 4) is 5.75 Å². The lowest BCUT2D eigenvalue weighted by molar-refractivity contribution is -0.0266. The second-order valence-electron chi connectivity index (χ2n) is 6.05. The van der Waals surface area contributed by atoms with Crippen LogP contribution in [-0.4, -0.2) is 23.9 Å². The number of nitrogens with one attached hydrogen (secondary N) is 1. The summed E-state index contributed by atoms with van der Waals surface area (Å²) in [5, 5.41) is 13.7. The van der Waals surface area contributed by atoms with Gasteiger partial charge in [0.1, 0.15) is 12.4 Å². The smallest absolute Gasteiger partial charge is 0.119 e. The largest absolute Gasteiger partial charge is 0.491 e. The van der Waals surface area contributed by atoms with E-state index in [0.29, 0.717) is 12.6 Å². The van der Waals surface area contributed by atoms with Crippen molar-refractivity contribution in [3.05, 3.63) is 29.8 Å². The molecule has 0 spiro atoms. The van der Waals surface area contributed by atoms with Crippen LogP contribution in [0.2, 0.25) is 0 Å². The maximum atomic E-state index is 10.2. The van der Waals surface area contributed by atoms with E-state index in [1.54, 1.807) is 0 Å². The zero-order valence-corrected chi connectivity index (χ0v) is 13.4. The van der Waals surface area contributed by atoms with Gasteiger partial charge in [-0.2, -0.15) is 0 Å². The first-order chi connectivity index (χ1) is 9.36. The summed E-state index contributed by atoms with van der Waals surface area (Å²) < 4.78 is 5.75. The van der Waals surface area contributed by atoms with E-state index in [-0.39, 0.29) is 5.92 Å². The number of benzene rings is 1. The average Bonchev–Trinajstić information content (AvgIpc) is 2.42. The molecule has 0 aliphatic heterocycles. The third-order valence-electron chi connectivity index (χ3n) is 3.83. The molecule has 0 aromatic heterocycles. The molecule has 1 aromatic carbocycles. The van der Waals surface area contributed by atoms with E-state index in [1.807, 2.05) is 39.0 Å². The summed E-state index contributed by atoms with van der Waals surface area (Å²) in [6.07, 6.45) is 1.12. The third-order valence-corrected chi connectivity index (χ3v) is 3.83. The Kier molecular flexibility index (Phi) is 6.50. The fourth-order valence-electron chi connectivity index (χ4n) is 1.75. The first-order valence-corrected chi connectivity index (χ1v) is 7.55. The van der Waals surface area contributed by atoms with Crippen molar-refractivity contribution in [2.45, 2.75) is 52.7 Å². The van der Waals surface area contributed by atoms with Crippen molar-refractivity contribution in [3.63, 3.8) is 0 Å². The van der Waals surface area contributed by atoms with Crippen molar-refractivity contribution in [2.24, 2.45) is 5.92 Å². The van der Waals surface area contributed by atoms with Crippen LogP contribution < -0.4 is 10.1 Å². The molecule has 1 aromatic rings. The second kappa shape index (κ2) is 7.65. The lowest BCUT2D eigenvalue weighted by Crippen LogP contribution is -2.37. The van der Waals surface area contributed by atoms with Crippen LogP contribution in [0, 0.1) is 5.92 Å². The van der Waals surface area contributed by atoms with E-state index < -0.39 is 5.60 Å². The maximum absolute atomic E-state index is 10.2. The van der Waals surface area contributed by atoms with Gasteiger partial charge in [0.25, 0.3) is 0 Å². The number of rotatable bonds is 8. The Morgan fingerprint density at radius 2 is 2.00 bits per heavy atom. The Morgan fingerprint density at radius 1 is 1.30 bits per heavy atom. The van der Waals surface area contributed by atoms with E-state index in [2.05, 4.69) is 25.2 Å². The molecule has 20 heavy (non-hydrogen) atoms. The summed E-state index contributed by atoms with van der Waals surface area (Å²) in [5.74, 6) is 0.976. The predicted octanol–water partition coefficient (Wildman–Crippen LogP) is 3.53. The predicted molar refractivity (Wildman–Crippen MR) is 84.1 cm³/mol. The van der Waals surface area contributed by atoms with Crippen LogP contribution >= 0.6 is 0 Å². The van der Waals surface area contributed by atoms with E-state index in [9.17, 15) is 5.11 Å². The molecular formula is C17H29NO2. The lowest BCUT2D eigenvalue weighted by Gasteiger charge is -2.27. The van der Waals surface area contributed by atoms with Gasteiger partial charge in [-0.15, -0.1) is 0 Å². The molecule has 0 saturated heterocycles. The van der Waals surface area contributed by atoms with Crippen molar-refractivity contribution in [1.29, 1.82) is 0 Å². The van der Waals surface area contributed by atoms with Crippen LogP contribution in [-0.2, 0) is 0 Å². The number of ether oxygens (including phenoxy) is 1. The second-order valence-corrected chi connectivity index (χ2v) is 6.05. The van der Waals surface area contributed by atoms with Gasteiger partial charge in [0.15, 0.2) is 0 Å². The summed E-state index contributed by atoms with van der Waals surface area (Å²) in [4.78, 5) is 0. The Bertz CT molecular complexity index is 402. The van der Waals surface area contributed by atoms with Crippen molar-refractivity contribution in [2.75, 3.05) is 13.2 Å². The first-order valence-electron chi connectivity index (χ1n) is 7.55. The van der Waals surface area contributed by atoms with Gasteiger partial charge >= 0.3 is 0 Å². The van der Waals surface area contributed by atoms with E-state index >= 15 is 0 Å². The van der Waals surface area contributed by atoms with E-state index in [4.69, 9.17) is 4.74 Å². The molecule has 0 saturated carbocycles. The van der Waals surface area contributed by atoms with Crippen molar-refractivity contribution >= 4 is 0 Å². The van der Waals surface area contributed by atoms with Gasteiger partial charge in [0, 0.05) is 6.04 Å². The van der Waals surface area contributed by atoms with Crippen molar-refractivity contribution < 1.29 is 9.84 Å². The molecule has 0 heterocycles. The quantitative estimate of drug-likeness (QED) is 0.765. The molecular weight excluding hydrogens is 250 g/mol. The Morgan fingerprint density at radius 3 is 2.60 bits per heavy atom. The normalized spacial score (nSPS) is 15.9. The number of aliphatic hydroxyl groups is 1. The van der Waals surface area contributed by atoms with Crippen molar-refractivity contribution in [1.82, 2.24) is 5.32 Å². The summed E-state index contributed by atoms with van der Waals surface area (Å²) in [5.41, 5.74) is 0.405. The standard InChI is InChI=1S/C17H29NO2/c1-6-10-18-14(4)15-8-7-9-16(11-15)20-12-17(5,19)13(2)3/h7-9,11,13-14,18-19H,6,10,12H2,1-5H3. The van der Waals surface area contributed by atoms with Gasteiger partial charge in [0.2, 0.25) is 0 Å². The molecule has 2 unspecified atom stereocenters. The maximum Gasteiger partial charge on any atom is 0.119 e. The SMILES string of the molecule is CCCNC(C)c1cccc(OCC(C)(O)C(C)C)c1. The van der Waals surface area contributed by atoms with Crippen LogP contribution in [0.1, 0.15) is 52.6 Å². The third kappa shape index (κ3) is 5.14. The minimum absolute atomic E-state index is 0.163. The monoisotopic (exact) mass is 279 g/mol. The van der Waals surface area contributed by atoms with E-state index in [0.717, 1.165) is 18.7 Å². The molecule has 0 aliphatic carbocycles. The molecule has 0 bridgehead atoms. The summed E-state index contributed by atoms with van der Waals surface area (Å²) >= 11 is 0. The van der Waals surface area contributed by atoms with Crippen LogP contribution in [0.15, 0.2) is 24.3 Å². The van der Waals surface area contributed by atoms with Gasteiger partial charge in [0.05, 0.1) is 5.60 Å². The highest BCUT2D eigenvalue weighted by molar-refractivity contribution is 5.30. The number of hydrogen-bond donors (Lipinski definition) is 2. The zero-order chi connectivity index (χ0) is 15.2. The van der Waals surface area contributed by atoms with Gasteiger partial charge in [-0.05, 0) is 50.4 Å². The molecule has 2 N–H and O–H groups in total. The Balaban J connectivity index is 2.64. The number of hydrogen-bond acceptors (Lipinski definition) is 3. The van der Waals surface area contributed by atoms with Gasteiger partial charge in [-0.25, -0.2) is 0 Å². The molecule has 0 amide bonds. The average molecular weight is 279 g/mol. The van der Waals surface area contributed by atoms with Crippen LogP contribution in [0.5, 0.6) is 5.75 Å². The summed E-state index contributed by atoms with van der Waals surface area (Å²) in [6, 6.07) is 8.39. The highest BCUT2D eigenvalue weighted by atomic mass is 16.5. The van der Waals surface area contributed by atoms with Gasteiger partial charge in [-0.1, -0.05) is 32.9 Å². The van der Waals surface area contributed by atoms with Crippen LogP contribution in [0.25, 0.3) is 0 Å². The Labute approximate surface area is 123 Å². The highest BCUT2D eigenvalue weighted by Crippen LogP contribution is 2.22. The molecule has 3 nitrogen and oxygen atoms in total. The lowest BCUT2D eigenvalue weighted by atomic mass is 9.94. The molecule has 2 atom stereocenters. The van der Waals surface area contributed by atoms with Gasteiger partial charge < -0.3 is 15.2 Å². The highest BCUT2D eigenvalue weighted by Gasteiger charge is 2.25. The molecule has 0 radical (unpaired) electrons. The summed E-state index contributed by atoms with van der Waals surface area (Å²) in [7, 11) is 0. The summed E-state index contributed by atoms with van der Waals surface area (Å²) in [6.45, 7) is 11.4. The zero-order valence-electron chi connectivity index (χ0n) is 13.4. The molecule has 114 valence electrons. The Hall–Kier alpha value is -1.06. The molecule has 0 fully saturated rings. The molecule has 1 rings (SSSR count).